The van der Waals surface area contributed by atoms with E-state index in [1.807, 2.05) is 0 Å². The van der Waals surface area contributed by atoms with E-state index < -0.39 is 33.1 Å². The number of ether oxygens (including phenoxy) is 1. The molecule has 1 amide bonds. The number of non-ortho nitro benzene ring substituents is 2. The highest BCUT2D eigenvalue weighted by Crippen LogP contribution is 2.24. The highest BCUT2D eigenvalue weighted by Gasteiger charge is 2.20. The summed E-state index contributed by atoms with van der Waals surface area (Å²) in [5.74, 6) is -1.14. The molecule has 0 saturated carbocycles. The number of nitro groups is 2. The smallest absolute Gasteiger partial charge is 0.308 e. The number of carbonyl (C=O) groups is 2. The summed E-state index contributed by atoms with van der Waals surface area (Å²) in [6.45, 7) is 1.22. The third-order valence-electron chi connectivity index (χ3n) is 2.94. The van der Waals surface area contributed by atoms with Gasteiger partial charge in [0.2, 0.25) is 0 Å². The molecule has 0 spiro atoms. The highest BCUT2D eigenvalue weighted by molar-refractivity contribution is 6.05. The Kier molecular flexibility index (Phi) is 5.03. The van der Waals surface area contributed by atoms with Gasteiger partial charge in [0, 0.05) is 30.8 Å². The van der Waals surface area contributed by atoms with E-state index in [4.69, 9.17) is 4.74 Å². The van der Waals surface area contributed by atoms with Crippen LogP contribution in [0, 0.1) is 20.2 Å². The molecule has 0 radical (unpaired) electrons. The van der Waals surface area contributed by atoms with Gasteiger partial charge < -0.3 is 10.1 Å². The van der Waals surface area contributed by atoms with Crippen molar-refractivity contribution in [1.82, 2.24) is 0 Å². The van der Waals surface area contributed by atoms with Gasteiger partial charge in [-0.05, 0) is 12.1 Å². The monoisotopic (exact) mass is 345 g/mol. The van der Waals surface area contributed by atoms with Crippen LogP contribution in [0.15, 0.2) is 42.5 Å². The van der Waals surface area contributed by atoms with Crippen LogP contribution in [-0.4, -0.2) is 21.7 Å². The van der Waals surface area contributed by atoms with E-state index in [0.717, 1.165) is 18.2 Å². The Hall–Kier alpha value is -3.82. The number of carbonyl (C=O) groups excluding carboxylic acids is 2. The molecule has 2 rings (SSSR count). The van der Waals surface area contributed by atoms with E-state index in [1.165, 1.54) is 31.2 Å². The van der Waals surface area contributed by atoms with Crippen LogP contribution in [0.25, 0.3) is 0 Å². The van der Waals surface area contributed by atoms with E-state index in [2.05, 4.69) is 5.32 Å². The fraction of sp³-hybridized carbons (Fsp3) is 0.0667. The van der Waals surface area contributed by atoms with Gasteiger partial charge in [0.25, 0.3) is 17.3 Å². The summed E-state index contributed by atoms with van der Waals surface area (Å²) in [5, 5.41) is 24.1. The summed E-state index contributed by atoms with van der Waals surface area (Å²) in [6, 6.07) is 8.50. The van der Waals surface area contributed by atoms with E-state index in [-0.39, 0.29) is 17.0 Å². The minimum Gasteiger partial charge on any atom is -0.427 e. The fourth-order valence-electron chi connectivity index (χ4n) is 1.94. The quantitative estimate of drug-likeness (QED) is 0.380. The van der Waals surface area contributed by atoms with Crippen LogP contribution < -0.4 is 10.1 Å². The lowest BCUT2D eigenvalue weighted by molar-refractivity contribution is -0.394. The average Bonchev–Trinajstić information content (AvgIpc) is 2.54. The number of nitrogens with one attached hydrogen (secondary N) is 1. The maximum Gasteiger partial charge on any atom is 0.308 e. The van der Waals surface area contributed by atoms with Gasteiger partial charge >= 0.3 is 5.97 Å². The lowest BCUT2D eigenvalue weighted by Gasteiger charge is -2.07. The number of anilines is 1. The Morgan fingerprint density at radius 1 is 1.00 bits per heavy atom. The number of esters is 1. The number of amides is 1. The minimum absolute atomic E-state index is 0.190. The summed E-state index contributed by atoms with van der Waals surface area (Å²) in [7, 11) is 0. The number of hydrogen-bond acceptors (Lipinski definition) is 7. The zero-order valence-corrected chi connectivity index (χ0v) is 12.8. The third kappa shape index (κ3) is 4.58. The fourth-order valence-corrected chi connectivity index (χ4v) is 1.94. The predicted octanol–water partition coefficient (Wildman–Crippen LogP) is 2.68. The molecule has 0 unspecified atom stereocenters. The van der Waals surface area contributed by atoms with Crippen LogP contribution in [0.2, 0.25) is 0 Å². The first-order valence-electron chi connectivity index (χ1n) is 6.80. The molecule has 0 atom stereocenters. The summed E-state index contributed by atoms with van der Waals surface area (Å²) in [5.41, 5.74) is -1.15. The molecule has 1 N–H and O–H groups in total. The second kappa shape index (κ2) is 7.17. The normalized spacial score (nSPS) is 9.96. The summed E-state index contributed by atoms with van der Waals surface area (Å²) < 4.78 is 4.87. The number of nitrogens with zero attached hydrogens (tertiary/aromatic N) is 2. The van der Waals surface area contributed by atoms with E-state index in [1.54, 1.807) is 0 Å². The largest absolute Gasteiger partial charge is 0.427 e. The van der Waals surface area contributed by atoms with Gasteiger partial charge in [-0.3, -0.25) is 29.8 Å². The molecular weight excluding hydrogens is 334 g/mol. The molecule has 2 aromatic rings. The molecule has 2 aromatic carbocycles. The first kappa shape index (κ1) is 17.5. The Balaban J connectivity index is 2.30. The van der Waals surface area contributed by atoms with Gasteiger partial charge in [-0.25, -0.2) is 0 Å². The first-order valence-corrected chi connectivity index (χ1v) is 6.80. The molecule has 0 bridgehead atoms. The molecule has 0 saturated heterocycles. The summed E-state index contributed by atoms with van der Waals surface area (Å²) >= 11 is 0. The zero-order chi connectivity index (χ0) is 18.6. The molecule has 0 aliphatic heterocycles. The Bertz CT molecular complexity index is 847. The van der Waals surface area contributed by atoms with Crippen LogP contribution in [0.1, 0.15) is 17.3 Å². The lowest BCUT2D eigenvalue weighted by Crippen LogP contribution is -2.13. The Labute approximate surface area is 140 Å². The Morgan fingerprint density at radius 3 is 2.12 bits per heavy atom. The van der Waals surface area contributed by atoms with Gasteiger partial charge in [0.05, 0.1) is 21.5 Å². The van der Waals surface area contributed by atoms with Crippen molar-refractivity contribution in [2.24, 2.45) is 0 Å². The molecule has 0 aliphatic rings. The number of nitro benzene ring substituents is 2. The maximum absolute atomic E-state index is 12.2. The first-order chi connectivity index (χ1) is 11.8. The van der Waals surface area contributed by atoms with Crippen molar-refractivity contribution < 1.29 is 24.2 Å². The van der Waals surface area contributed by atoms with Crippen LogP contribution in [0.4, 0.5) is 17.1 Å². The van der Waals surface area contributed by atoms with Crippen molar-refractivity contribution in [2.45, 2.75) is 6.92 Å². The van der Waals surface area contributed by atoms with Crippen molar-refractivity contribution in [1.29, 1.82) is 0 Å². The second-order valence-corrected chi connectivity index (χ2v) is 4.83. The van der Waals surface area contributed by atoms with E-state index >= 15 is 0 Å². The van der Waals surface area contributed by atoms with Gasteiger partial charge in [-0.2, -0.15) is 0 Å². The summed E-state index contributed by atoms with van der Waals surface area (Å²) in [6.07, 6.45) is 0. The van der Waals surface area contributed by atoms with Crippen LogP contribution in [-0.2, 0) is 4.79 Å². The van der Waals surface area contributed by atoms with Crippen LogP contribution in [0.3, 0.4) is 0 Å². The van der Waals surface area contributed by atoms with Gasteiger partial charge in [0.1, 0.15) is 5.75 Å². The topological polar surface area (TPSA) is 142 Å². The van der Waals surface area contributed by atoms with E-state index in [9.17, 15) is 29.8 Å². The molecule has 128 valence electrons. The molecule has 0 aliphatic carbocycles. The maximum atomic E-state index is 12.2. The van der Waals surface area contributed by atoms with Crippen LogP contribution in [0.5, 0.6) is 5.75 Å². The molecule has 0 fully saturated rings. The van der Waals surface area contributed by atoms with E-state index in [0.29, 0.717) is 0 Å². The highest BCUT2D eigenvalue weighted by atomic mass is 16.6. The van der Waals surface area contributed by atoms with Crippen molar-refractivity contribution in [2.75, 3.05) is 5.32 Å². The SMILES string of the molecule is CC(=O)Oc1cccc(NC(=O)c2cc([N+](=O)[O-])cc([N+](=O)[O-])c2)c1. The predicted molar refractivity (Wildman–Crippen MR) is 85.5 cm³/mol. The number of hydrogen-bond donors (Lipinski definition) is 1. The molecular formula is C15H11N3O7. The van der Waals surface area contributed by atoms with Crippen molar-refractivity contribution in [3.63, 3.8) is 0 Å². The molecule has 10 heteroatoms. The van der Waals surface area contributed by atoms with Crippen molar-refractivity contribution in [3.8, 4) is 5.75 Å². The van der Waals surface area contributed by atoms with Crippen molar-refractivity contribution in [3.05, 3.63) is 68.3 Å². The molecule has 0 aromatic heterocycles. The molecule has 25 heavy (non-hydrogen) atoms. The molecule has 0 heterocycles. The minimum atomic E-state index is -0.828. The zero-order valence-electron chi connectivity index (χ0n) is 12.8. The number of benzene rings is 2. The van der Waals surface area contributed by atoms with Gasteiger partial charge in [0.15, 0.2) is 0 Å². The van der Waals surface area contributed by atoms with Crippen LogP contribution >= 0.6 is 0 Å². The second-order valence-electron chi connectivity index (χ2n) is 4.83. The lowest BCUT2D eigenvalue weighted by atomic mass is 10.1. The van der Waals surface area contributed by atoms with Gasteiger partial charge in [-0.1, -0.05) is 6.07 Å². The van der Waals surface area contributed by atoms with Crippen molar-refractivity contribution >= 4 is 28.9 Å². The standard InChI is InChI=1S/C15H11N3O7/c1-9(19)25-14-4-2-3-11(7-14)16-15(20)10-5-12(17(21)22)8-13(6-10)18(23)24/h2-8H,1H3,(H,16,20). The third-order valence-corrected chi connectivity index (χ3v) is 2.94. The Morgan fingerprint density at radius 2 is 1.60 bits per heavy atom. The molecule has 10 nitrogen and oxygen atoms in total. The number of rotatable bonds is 5. The average molecular weight is 345 g/mol. The van der Waals surface area contributed by atoms with Gasteiger partial charge in [-0.15, -0.1) is 0 Å². The summed E-state index contributed by atoms with van der Waals surface area (Å²) in [4.78, 5) is 43.2.